The van der Waals surface area contributed by atoms with Crippen LogP contribution >= 0.6 is 0 Å². The second kappa shape index (κ2) is 94.6. The topological polar surface area (TPSA) is 0 Å². The van der Waals surface area contributed by atoms with Crippen LogP contribution in [0.4, 0.5) is 0 Å². The Balaban J connectivity index is 0. The van der Waals surface area contributed by atoms with E-state index >= 15 is 0 Å². The summed E-state index contributed by atoms with van der Waals surface area (Å²) in [6, 6.07) is 0. The van der Waals surface area contributed by atoms with Crippen LogP contribution in [-0.2, 0) is 0 Å². The molecular formula is Cl7K7. The summed E-state index contributed by atoms with van der Waals surface area (Å²) in [5.41, 5.74) is 0. The third kappa shape index (κ3) is 84.0. The van der Waals surface area contributed by atoms with Crippen molar-refractivity contribution >= 4 is 0 Å². The van der Waals surface area contributed by atoms with E-state index < -0.39 is 0 Å². The van der Waals surface area contributed by atoms with E-state index in [1.807, 2.05) is 0 Å². The van der Waals surface area contributed by atoms with E-state index in [4.69, 9.17) is 0 Å². The molecule has 14 heteroatoms. The van der Waals surface area contributed by atoms with Crippen LogP contribution in [0.3, 0.4) is 0 Å². The molecule has 0 aromatic heterocycles. The maximum absolute atomic E-state index is 0. The van der Waals surface area contributed by atoms with Gasteiger partial charge in [0.25, 0.3) is 0 Å². The van der Waals surface area contributed by atoms with Gasteiger partial charge in [-0.1, -0.05) is 0 Å². The predicted octanol–water partition coefficient (Wildman–Crippen LogP) is -41.9. The molecule has 0 spiro atoms. The molecule has 0 fully saturated rings. The SMILES string of the molecule is [Cl-].[Cl-].[Cl-].[Cl-].[Cl-].[Cl-].[Cl-].[K+].[K+].[K+].[K+].[K+].[K+].[K+]. The molecule has 0 aliphatic rings. The van der Waals surface area contributed by atoms with Crippen LogP contribution in [0.15, 0.2) is 0 Å². The Morgan fingerprint density at radius 1 is 0.143 bits per heavy atom. The summed E-state index contributed by atoms with van der Waals surface area (Å²) in [5.74, 6) is 0. The molecule has 0 aliphatic carbocycles. The monoisotopic (exact) mass is 518 g/mol. The molecule has 14 heavy (non-hydrogen) atoms. The second-order valence-electron chi connectivity index (χ2n) is 0. The zero-order valence-corrected chi connectivity index (χ0v) is 36.8. The van der Waals surface area contributed by atoms with E-state index in [1.54, 1.807) is 0 Å². The fourth-order valence-electron chi connectivity index (χ4n) is 0. The van der Waals surface area contributed by atoms with E-state index in [0.717, 1.165) is 0 Å². The van der Waals surface area contributed by atoms with E-state index in [-0.39, 0.29) is 447 Å². The molecular weight excluding hydrogens is 522 g/mol. The van der Waals surface area contributed by atoms with Crippen LogP contribution in [-0.4, -0.2) is 0 Å². The van der Waals surface area contributed by atoms with Crippen molar-refractivity contribution in [1.82, 2.24) is 0 Å². The number of hydrogen-bond acceptors (Lipinski definition) is 0. The van der Waals surface area contributed by atoms with Gasteiger partial charge >= 0.3 is 360 Å². The van der Waals surface area contributed by atoms with Crippen molar-refractivity contribution in [2.45, 2.75) is 0 Å². The van der Waals surface area contributed by atoms with E-state index in [9.17, 15) is 0 Å². The van der Waals surface area contributed by atoms with Crippen LogP contribution < -0.4 is 447 Å². The Morgan fingerprint density at radius 3 is 0.143 bits per heavy atom. The van der Waals surface area contributed by atoms with E-state index in [0.29, 0.717) is 0 Å². The summed E-state index contributed by atoms with van der Waals surface area (Å²) >= 11 is 0. The fourth-order valence-corrected chi connectivity index (χ4v) is 0. The summed E-state index contributed by atoms with van der Waals surface area (Å²) in [4.78, 5) is 0. The molecule has 0 aliphatic heterocycles. The molecule has 0 radical (unpaired) electrons. The van der Waals surface area contributed by atoms with E-state index in [1.165, 1.54) is 0 Å². The van der Waals surface area contributed by atoms with E-state index in [2.05, 4.69) is 0 Å². The zero-order valence-electron chi connectivity index (χ0n) is 9.65. The largest absolute Gasteiger partial charge is 1.00 e. The molecule has 0 aromatic carbocycles. The second-order valence-corrected chi connectivity index (χ2v) is 0. The van der Waals surface area contributed by atoms with Gasteiger partial charge in [-0.05, 0) is 0 Å². The van der Waals surface area contributed by atoms with Crippen LogP contribution in [0.2, 0.25) is 0 Å². The Labute approximate surface area is 429 Å². The number of hydrogen-bond donors (Lipinski definition) is 0. The van der Waals surface area contributed by atoms with Gasteiger partial charge < -0.3 is 86.8 Å². The first-order valence-electron chi connectivity index (χ1n) is 0. The Bertz CT molecular complexity index is 14.0. The van der Waals surface area contributed by atoms with Gasteiger partial charge in [0.2, 0.25) is 0 Å². The van der Waals surface area contributed by atoms with Gasteiger partial charge in [0.15, 0.2) is 0 Å². The summed E-state index contributed by atoms with van der Waals surface area (Å²) < 4.78 is 0. The Kier molecular flexibility index (Phi) is 716. The van der Waals surface area contributed by atoms with Crippen molar-refractivity contribution in [3.8, 4) is 0 Å². The van der Waals surface area contributed by atoms with Crippen molar-refractivity contribution in [3.05, 3.63) is 0 Å². The molecule has 0 N–H and O–H groups in total. The third-order valence-corrected chi connectivity index (χ3v) is 0. The summed E-state index contributed by atoms with van der Waals surface area (Å²) in [5, 5.41) is 0. The maximum Gasteiger partial charge on any atom is 1.00 e. The van der Waals surface area contributed by atoms with Gasteiger partial charge in [-0.15, -0.1) is 0 Å². The molecule has 56 valence electrons. The minimum Gasteiger partial charge on any atom is -1.00 e. The van der Waals surface area contributed by atoms with Gasteiger partial charge in [0, 0.05) is 0 Å². The quantitative estimate of drug-likeness (QED) is 0.278. The molecule has 0 bridgehead atoms. The van der Waals surface area contributed by atoms with Crippen molar-refractivity contribution in [3.63, 3.8) is 0 Å². The average molecular weight is 522 g/mol. The van der Waals surface area contributed by atoms with Crippen molar-refractivity contribution in [2.24, 2.45) is 0 Å². The predicted molar refractivity (Wildman–Crippen MR) is 0 cm³/mol. The zero-order chi connectivity index (χ0) is 0. The standard InChI is InChI=1S/7ClH.7K/h7*1H;;;;;;;/q;;;;;;;7*+1/p-7. The smallest absolute Gasteiger partial charge is 1.00 e. The minimum atomic E-state index is 0. The van der Waals surface area contributed by atoms with Gasteiger partial charge in [-0.3, -0.25) is 0 Å². The maximum atomic E-state index is 0. The van der Waals surface area contributed by atoms with Crippen LogP contribution in [0, 0.1) is 0 Å². The fraction of sp³-hybridized carbons (Fsp3) is 0. The average Bonchev–Trinajstić information content (AvgIpc) is 0. The first-order valence-corrected chi connectivity index (χ1v) is 0. The molecule has 0 rings (SSSR count). The minimum absolute atomic E-state index is 0. The molecule has 0 unspecified atom stereocenters. The first-order chi connectivity index (χ1) is 0. The summed E-state index contributed by atoms with van der Waals surface area (Å²) in [7, 11) is 0. The molecule has 0 saturated carbocycles. The van der Waals surface area contributed by atoms with Crippen molar-refractivity contribution < 1.29 is 447 Å². The molecule has 0 nitrogen and oxygen atoms in total. The summed E-state index contributed by atoms with van der Waals surface area (Å²) in [6.45, 7) is 0. The van der Waals surface area contributed by atoms with Crippen LogP contribution in [0.25, 0.3) is 0 Å². The first kappa shape index (κ1) is 106. The molecule has 0 atom stereocenters. The van der Waals surface area contributed by atoms with Crippen molar-refractivity contribution in [2.75, 3.05) is 0 Å². The van der Waals surface area contributed by atoms with Gasteiger partial charge in [0.05, 0.1) is 0 Å². The van der Waals surface area contributed by atoms with Gasteiger partial charge in [-0.2, -0.15) is 0 Å². The third-order valence-electron chi connectivity index (χ3n) is 0. The van der Waals surface area contributed by atoms with Crippen LogP contribution in [0.5, 0.6) is 0 Å². The molecule has 0 aromatic rings. The molecule has 0 heterocycles. The van der Waals surface area contributed by atoms with Gasteiger partial charge in [0.1, 0.15) is 0 Å². The number of rotatable bonds is 0. The number of halogens is 7. The van der Waals surface area contributed by atoms with Crippen LogP contribution in [0.1, 0.15) is 0 Å². The normalized spacial score (nSPS) is 0. The summed E-state index contributed by atoms with van der Waals surface area (Å²) in [6.07, 6.45) is 0. The molecule has 0 amide bonds. The van der Waals surface area contributed by atoms with Gasteiger partial charge in [-0.25, -0.2) is 0 Å². The Hall–Kier alpha value is 13.5. The van der Waals surface area contributed by atoms with Crippen molar-refractivity contribution in [1.29, 1.82) is 0 Å². The molecule has 0 saturated heterocycles. The Morgan fingerprint density at radius 2 is 0.143 bits per heavy atom.